The Bertz CT molecular complexity index is 1210. The zero-order valence-electron chi connectivity index (χ0n) is 22.7. The van der Waals surface area contributed by atoms with Crippen LogP contribution >= 0.6 is 0 Å². The molecule has 9 heteroatoms. The van der Waals surface area contributed by atoms with Gasteiger partial charge in [0.25, 0.3) is 5.91 Å². The van der Waals surface area contributed by atoms with Crippen LogP contribution in [0.5, 0.6) is 0 Å². The molecule has 0 aromatic heterocycles. The van der Waals surface area contributed by atoms with Crippen molar-refractivity contribution in [1.29, 1.82) is 0 Å². The van der Waals surface area contributed by atoms with Gasteiger partial charge in [0.05, 0.1) is 0 Å². The molecule has 2 aliphatic heterocycles. The van der Waals surface area contributed by atoms with Crippen molar-refractivity contribution in [3.05, 3.63) is 72.6 Å². The number of hydrogen-bond donors (Lipinski definition) is 3. The molecule has 2 fully saturated rings. The number of aliphatic imine (C=N–C) groups is 1. The van der Waals surface area contributed by atoms with Gasteiger partial charge in [-0.05, 0) is 60.9 Å². The number of nitrogens with one attached hydrogen (secondary N) is 2. The number of benzene rings is 2. The molecule has 2 aliphatic rings. The zero-order chi connectivity index (χ0) is 27.8. The Balaban J connectivity index is 1.23. The number of rotatable bonds is 9. The van der Waals surface area contributed by atoms with Gasteiger partial charge < -0.3 is 30.9 Å². The van der Waals surface area contributed by atoms with E-state index >= 15 is 0 Å². The van der Waals surface area contributed by atoms with Gasteiger partial charge in [-0.1, -0.05) is 32.6 Å². The van der Waals surface area contributed by atoms with Gasteiger partial charge in [0.1, 0.15) is 11.9 Å². The highest BCUT2D eigenvalue weighted by Crippen LogP contribution is 2.21. The molecular formula is C30H38N6O3. The summed E-state index contributed by atoms with van der Waals surface area (Å²) in [6, 6.07) is 15.4. The van der Waals surface area contributed by atoms with Crippen molar-refractivity contribution in [2.24, 2.45) is 16.6 Å². The van der Waals surface area contributed by atoms with Crippen LogP contribution < -0.4 is 21.3 Å². The Kier molecular flexibility index (Phi) is 9.38. The summed E-state index contributed by atoms with van der Waals surface area (Å²) in [5, 5.41) is 6.06. The highest BCUT2D eigenvalue weighted by molar-refractivity contribution is 5.94. The minimum absolute atomic E-state index is 0.0358. The second-order valence-electron chi connectivity index (χ2n) is 10.1. The van der Waals surface area contributed by atoms with Crippen molar-refractivity contribution >= 4 is 40.8 Å². The van der Waals surface area contributed by atoms with Crippen LogP contribution in [0.15, 0.2) is 72.0 Å². The highest BCUT2D eigenvalue weighted by atomic mass is 16.5. The first-order valence-corrected chi connectivity index (χ1v) is 13.4. The third-order valence-electron chi connectivity index (χ3n) is 6.80. The van der Waals surface area contributed by atoms with E-state index in [1.807, 2.05) is 55.1 Å². The van der Waals surface area contributed by atoms with E-state index in [-0.39, 0.29) is 23.8 Å². The molecule has 1 unspecified atom stereocenters. The Morgan fingerprint density at radius 3 is 2.28 bits per heavy atom. The fourth-order valence-electron chi connectivity index (χ4n) is 4.56. The van der Waals surface area contributed by atoms with Gasteiger partial charge in [-0.25, -0.2) is 4.99 Å². The van der Waals surface area contributed by atoms with E-state index in [0.717, 1.165) is 56.0 Å². The third-order valence-corrected chi connectivity index (χ3v) is 6.80. The number of hydrogen-bond acceptors (Lipinski definition) is 7. The SMILES string of the molecule is C=C(N=C/C=C(\N)c1ccc(NC(=O)C2CCCO2)cc1)Nc1ccc(N2CCN(C(=O)C(C)C)CC2)cc1. The van der Waals surface area contributed by atoms with Crippen LogP contribution in [0.2, 0.25) is 0 Å². The lowest BCUT2D eigenvalue weighted by atomic mass is 10.1. The molecule has 0 spiro atoms. The maximum absolute atomic E-state index is 12.2. The number of nitrogens with two attached hydrogens (primary N) is 1. The summed E-state index contributed by atoms with van der Waals surface area (Å²) in [7, 11) is 0. The lowest BCUT2D eigenvalue weighted by Gasteiger charge is -2.37. The van der Waals surface area contributed by atoms with Crippen molar-refractivity contribution in [2.75, 3.05) is 48.3 Å². The van der Waals surface area contributed by atoms with E-state index < -0.39 is 0 Å². The molecule has 9 nitrogen and oxygen atoms in total. The van der Waals surface area contributed by atoms with E-state index in [4.69, 9.17) is 10.5 Å². The monoisotopic (exact) mass is 530 g/mol. The van der Waals surface area contributed by atoms with Gasteiger partial charge in [-0.3, -0.25) is 9.59 Å². The second-order valence-corrected chi connectivity index (χ2v) is 10.1. The van der Waals surface area contributed by atoms with E-state index in [0.29, 0.717) is 23.8 Å². The summed E-state index contributed by atoms with van der Waals surface area (Å²) < 4.78 is 5.42. The highest BCUT2D eigenvalue weighted by Gasteiger charge is 2.24. The summed E-state index contributed by atoms with van der Waals surface area (Å²) in [6.45, 7) is 11.6. The molecular weight excluding hydrogens is 492 g/mol. The Hall–Kier alpha value is -4.11. The minimum Gasteiger partial charge on any atom is -0.398 e. The largest absolute Gasteiger partial charge is 0.398 e. The van der Waals surface area contributed by atoms with Crippen LogP contribution in [0.1, 0.15) is 32.3 Å². The molecule has 4 rings (SSSR count). The first-order valence-electron chi connectivity index (χ1n) is 13.4. The molecule has 1 atom stereocenters. The van der Waals surface area contributed by atoms with Crippen LogP contribution in [0.3, 0.4) is 0 Å². The van der Waals surface area contributed by atoms with Crippen LogP contribution in [0.4, 0.5) is 17.1 Å². The lowest BCUT2D eigenvalue weighted by Crippen LogP contribution is -2.49. The van der Waals surface area contributed by atoms with Crippen molar-refractivity contribution in [3.8, 4) is 0 Å². The fourth-order valence-corrected chi connectivity index (χ4v) is 4.56. The number of carbonyl (C=O) groups is 2. The first kappa shape index (κ1) is 27.9. The number of amides is 2. The van der Waals surface area contributed by atoms with Gasteiger partial charge >= 0.3 is 0 Å². The summed E-state index contributed by atoms with van der Waals surface area (Å²) >= 11 is 0. The predicted octanol–water partition coefficient (Wildman–Crippen LogP) is 4.06. The van der Waals surface area contributed by atoms with Gasteiger partial charge in [0.2, 0.25) is 5.91 Å². The molecule has 0 aliphatic carbocycles. The van der Waals surface area contributed by atoms with Crippen LogP contribution in [-0.2, 0) is 14.3 Å². The van der Waals surface area contributed by atoms with E-state index in [1.54, 1.807) is 12.3 Å². The maximum Gasteiger partial charge on any atom is 0.253 e. The number of carbonyl (C=O) groups excluding carboxylic acids is 2. The van der Waals surface area contributed by atoms with Crippen LogP contribution in [0, 0.1) is 5.92 Å². The topological polar surface area (TPSA) is 112 Å². The number of nitrogens with zero attached hydrogens (tertiary/aromatic N) is 3. The summed E-state index contributed by atoms with van der Waals surface area (Å²) in [5.41, 5.74) is 10.3. The van der Waals surface area contributed by atoms with E-state index in [9.17, 15) is 9.59 Å². The molecule has 0 bridgehead atoms. The lowest BCUT2D eigenvalue weighted by molar-refractivity contribution is -0.134. The van der Waals surface area contributed by atoms with E-state index in [2.05, 4.69) is 39.2 Å². The van der Waals surface area contributed by atoms with Crippen molar-refractivity contribution in [3.63, 3.8) is 0 Å². The molecule has 2 aromatic carbocycles. The number of allylic oxidation sites excluding steroid dienone is 1. The Morgan fingerprint density at radius 1 is 1.03 bits per heavy atom. The quantitative estimate of drug-likeness (QED) is 0.422. The fraction of sp³-hybridized carbons (Fsp3) is 0.367. The number of anilines is 3. The number of ether oxygens (including phenoxy) is 1. The van der Waals surface area contributed by atoms with Crippen molar-refractivity contribution in [2.45, 2.75) is 32.8 Å². The minimum atomic E-state index is -0.367. The molecule has 0 radical (unpaired) electrons. The Morgan fingerprint density at radius 2 is 1.67 bits per heavy atom. The molecule has 2 aromatic rings. The average Bonchev–Trinajstić information content (AvgIpc) is 3.49. The molecule has 0 saturated carbocycles. The average molecular weight is 531 g/mol. The van der Waals surface area contributed by atoms with Gasteiger partial charge in [0, 0.05) is 67.7 Å². The summed E-state index contributed by atoms with van der Waals surface area (Å²) in [4.78, 5) is 33.0. The molecule has 39 heavy (non-hydrogen) atoms. The summed E-state index contributed by atoms with van der Waals surface area (Å²) in [6.07, 6.45) is 4.61. The number of piperazine rings is 1. The molecule has 2 heterocycles. The standard InChI is InChI=1S/C30H38N6O3/c1-21(2)30(38)36-18-16-35(17-19-36)26-12-10-24(11-13-26)33-22(3)32-15-14-27(31)23-6-8-25(9-7-23)34-29(37)28-5-4-20-39-28/h6-15,21,28,33H,3-5,16-20,31H2,1-2H3,(H,34,37)/b27-14-,32-15?. The second kappa shape index (κ2) is 13.1. The van der Waals surface area contributed by atoms with Crippen LogP contribution in [0.25, 0.3) is 5.70 Å². The smallest absolute Gasteiger partial charge is 0.253 e. The van der Waals surface area contributed by atoms with Gasteiger partial charge in [0.15, 0.2) is 0 Å². The molecule has 2 saturated heterocycles. The van der Waals surface area contributed by atoms with Crippen LogP contribution in [-0.4, -0.2) is 61.8 Å². The van der Waals surface area contributed by atoms with Gasteiger partial charge in [-0.15, -0.1) is 0 Å². The third kappa shape index (κ3) is 7.70. The maximum atomic E-state index is 12.2. The van der Waals surface area contributed by atoms with Gasteiger partial charge in [-0.2, -0.15) is 0 Å². The predicted molar refractivity (Wildman–Crippen MR) is 158 cm³/mol. The molecule has 4 N–H and O–H groups in total. The van der Waals surface area contributed by atoms with Crippen molar-refractivity contribution in [1.82, 2.24) is 4.90 Å². The first-order chi connectivity index (χ1) is 18.8. The Labute approximate surface area is 230 Å². The summed E-state index contributed by atoms with van der Waals surface area (Å²) in [5.74, 6) is 0.626. The van der Waals surface area contributed by atoms with Crippen molar-refractivity contribution < 1.29 is 14.3 Å². The van der Waals surface area contributed by atoms with E-state index in [1.165, 1.54) is 0 Å². The zero-order valence-corrected chi connectivity index (χ0v) is 22.7. The molecule has 2 amide bonds. The molecule has 206 valence electrons. The normalized spacial score (nSPS) is 18.0.